The molecule has 1 aliphatic rings. The van der Waals surface area contributed by atoms with Crippen LogP contribution in [0.4, 0.5) is 5.95 Å². The van der Waals surface area contributed by atoms with Gasteiger partial charge in [0.25, 0.3) is 0 Å². The number of hydrogen-bond donors (Lipinski definition) is 1. The third-order valence-corrected chi connectivity index (χ3v) is 7.02. The van der Waals surface area contributed by atoms with Gasteiger partial charge in [-0.15, -0.1) is 10.2 Å². The summed E-state index contributed by atoms with van der Waals surface area (Å²) in [6.07, 6.45) is 2.29. The highest BCUT2D eigenvalue weighted by molar-refractivity contribution is 7.98. The van der Waals surface area contributed by atoms with Crippen LogP contribution >= 0.6 is 35.0 Å². The molecular weight excluding hydrogens is 467 g/mol. The van der Waals surface area contributed by atoms with Crippen LogP contribution in [-0.4, -0.2) is 49.1 Å². The minimum Gasteiger partial charge on any atom is -0.395 e. The summed E-state index contributed by atoms with van der Waals surface area (Å²) < 4.78 is 4.04. The van der Waals surface area contributed by atoms with Gasteiger partial charge in [-0.05, 0) is 43.2 Å². The summed E-state index contributed by atoms with van der Waals surface area (Å²) in [6, 6.07) is 13.4. The molecule has 1 saturated heterocycles. The van der Waals surface area contributed by atoms with Crippen molar-refractivity contribution in [1.82, 2.24) is 24.3 Å². The van der Waals surface area contributed by atoms with E-state index < -0.39 is 0 Å². The Morgan fingerprint density at radius 1 is 1.03 bits per heavy atom. The van der Waals surface area contributed by atoms with Gasteiger partial charge in [-0.1, -0.05) is 47.1 Å². The molecule has 2 aromatic heterocycles. The van der Waals surface area contributed by atoms with E-state index in [0.717, 1.165) is 59.6 Å². The number of aliphatic hydroxyl groups is 1. The van der Waals surface area contributed by atoms with Gasteiger partial charge >= 0.3 is 0 Å². The normalized spacial score (nSPS) is 14.0. The Morgan fingerprint density at radius 2 is 1.84 bits per heavy atom. The summed E-state index contributed by atoms with van der Waals surface area (Å²) in [5, 5.41) is 20.7. The Balaban J connectivity index is 1.51. The smallest absolute Gasteiger partial charge is 0.232 e. The number of hydrogen-bond acceptors (Lipinski definition) is 6. The van der Waals surface area contributed by atoms with Gasteiger partial charge in [0.15, 0.2) is 5.16 Å². The number of nitrogens with zero attached hydrogens (tertiary/aromatic N) is 6. The molecule has 0 amide bonds. The van der Waals surface area contributed by atoms with Crippen molar-refractivity contribution in [2.75, 3.05) is 24.6 Å². The number of halogens is 2. The molecule has 1 N–H and O–H groups in total. The molecule has 0 saturated carbocycles. The lowest BCUT2D eigenvalue weighted by Crippen LogP contribution is -2.22. The second-order valence-corrected chi connectivity index (χ2v) is 9.37. The highest BCUT2D eigenvalue weighted by Gasteiger charge is 2.24. The van der Waals surface area contributed by atoms with Crippen molar-refractivity contribution in [3.05, 3.63) is 58.3 Å². The van der Waals surface area contributed by atoms with E-state index in [1.165, 1.54) is 0 Å². The van der Waals surface area contributed by atoms with E-state index in [2.05, 4.69) is 15.1 Å². The minimum absolute atomic E-state index is 0.0184. The van der Waals surface area contributed by atoms with Crippen LogP contribution in [0.3, 0.4) is 0 Å². The van der Waals surface area contributed by atoms with Gasteiger partial charge in [-0.3, -0.25) is 4.57 Å². The van der Waals surface area contributed by atoms with Gasteiger partial charge in [0.1, 0.15) is 5.82 Å². The quantitative estimate of drug-likeness (QED) is 0.376. The maximum Gasteiger partial charge on any atom is 0.232 e. The van der Waals surface area contributed by atoms with Gasteiger partial charge in [-0.2, -0.15) is 0 Å². The van der Waals surface area contributed by atoms with Gasteiger partial charge in [0.05, 0.1) is 34.1 Å². The van der Waals surface area contributed by atoms with E-state index in [-0.39, 0.29) is 6.61 Å². The molecule has 10 heteroatoms. The molecule has 0 radical (unpaired) electrons. The van der Waals surface area contributed by atoms with Gasteiger partial charge < -0.3 is 14.6 Å². The minimum atomic E-state index is 0.0184. The summed E-state index contributed by atoms with van der Waals surface area (Å²) in [5.41, 5.74) is 2.62. The fourth-order valence-electron chi connectivity index (χ4n) is 4.06. The van der Waals surface area contributed by atoms with Crippen LogP contribution in [0.25, 0.3) is 16.7 Å². The zero-order valence-electron chi connectivity index (χ0n) is 17.3. The number of rotatable bonds is 7. The van der Waals surface area contributed by atoms with Gasteiger partial charge in [0, 0.05) is 24.7 Å². The number of fused-ring (bicyclic) bond motifs is 1. The zero-order chi connectivity index (χ0) is 22.1. The molecule has 1 fully saturated rings. The highest BCUT2D eigenvalue weighted by atomic mass is 35.5. The summed E-state index contributed by atoms with van der Waals surface area (Å²) in [7, 11) is 0. The fraction of sp³-hybridized carbons (Fsp3) is 0.318. The molecular formula is C22H22Cl2N6OS. The zero-order valence-corrected chi connectivity index (χ0v) is 19.6. The van der Waals surface area contributed by atoms with Crippen LogP contribution in [0.5, 0.6) is 0 Å². The molecule has 7 nitrogen and oxygen atoms in total. The molecule has 32 heavy (non-hydrogen) atoms. The second-order valence-electron chi connectivity index (χ2n) is 7.59. The Kier molecular flexibility index (Phi) is 6.28. The molecule has 1 aliphatic heterocycles. The number of imidazole rings is 1. The molecule has 3 heterocycles. The SMILES string of the molecule is OCCn1c(CSc2nnc(N3CCCC3)n2-c2ccccc2Cl)nc2ccc(Cl)cc21. The van der Waals surface area contributed by atoms with Crippen LogP contribution in [0.1, 0.15) is 18.7 Å². The summed E-state index contributed by atoms with van der Waals surface area (Å²) in [5.74, 6) is 2.22. The predicted octanol–water partition coefficient (Wildman–Crippen LogP) is 4.81. The molecule has 4 aromatic rings. The van der Waals surface area contributed by atoms with Crippen LogP contribution in [0, 0.1) is 0 Å². The lowest BCUT2D eigenvalue weighted by Gasteiger charge is -2.19. The second kappa shape index (κ2) is 9.31. The average Bonchev–Trinajstić information content (AvgIpc) is 3.52. The van der Waals surface area contributed by atoms with Gasteiger partial charge in [0.2, 0.25) is 5.95 Å². The molecule has 0 bridgehead atoms. The molecule has 5 rings (SSSR count). The highest BCUT2D eigenvalue weighted by Crippen LogP contribution is 2.33. The predicted molar refractivity (Wildman–Crippen MR) is 129 cm³/mol. The standard InChI is InChI=1S/C22H22Cl2N6OS/c23-15-7-8-17-19(13-15)29(11-12-31)20(25-17)14-32-22-27-26-21(28-9-3-4-10-28)30(22)18-6-2-1-5-16(18)24/h1-2,5-8,13,31H,3-4,9-12,14H2. The average molecular weight is 489 g/mol. The number of aliphatic hydroxyl groups excluding tert-OH is 1. The fourth-order valence-corrected chi connectivity index (χ4v) is 5.33. The number of para-hydroxylation sites is 1. The third kappa shape index (κ3) is 4.08. The number of thioether (sulfide) groups is 1. The Hall–Kier alpha value is -2.26. The van der Waals surface area contributed by atoms with E-state index in [0.29, 0.717) is 22.3 Å². The van der Waals surface area contributed by atoms with E-state index in [1.54, 1.807) is 11.8 Å². The summed E-state index contributed by atoms with van der Waals surface area (Å²) in [6.45, 7) is 2.38. The largest absolute Gasteiger partial charge is 0.395 e. The first kappa shape index (κ1) is 21.6. The molecule has 2 aromatic carbocycles. The van der Waals surface area contributed by atoms with Crippen LogP contribution in [0.2, 0.25) is 10.0 Å². The Labute approximate surface area is 200 Å². The van der Waals surface area contributed by atoms with Crippen molar-refractivity contribution in [3.63, 3.8) is 0 Å². The first-order valence-corrected chi connectivity index (χ1v) is 12.2. The molecule has 166 valence electrons. The van der Waals surface area contributed by atoms with E-state index in [1.807, 2.05) is 51.6 Å². The van der Waals surface area contributed by atoms with Crippen molar-refractivity contribution < 1.29 is 5.11 Å². The first-order chi connectivity index (χ1) is 15.7. The van der Waals surface area contributed by atoms with E-state index in [9.17, 15) is 5.11 Å². The Morgan fingerprint density at radius 3 is 2.62 bits per heavy atom. The van der Waals surface area contributed by atoms with Crippen molar-refractivity contribution in [1.29, 1.82) is 0 Å². The van der Waals surface area contributed by atoms with Crippen molar-refractivity contribution >= 4 is 51.9 Å². The number of aromatic nitrogens is 5. The molecule has 0 spiro atoms. The summed E-state index contributed by atoms with van der Waals surface area (Å²) >= 11 is 14.3. The summed E-state index contributed by atoms with van der Waals surface area (Å²) in [4.78, 5) is 7.02. The van der Waals surface area contributed by atoms with Crippen molar-refractivity contribution in [2.24, 2.45) is 0 Å². The van der Waals surface area contributed by atoms with Crippen LogP contribution in [-0.2, 0) is 12.3 Å². The van der Waals surface area contributed by atoms with Crippen LogP contribution < -0.4 is 4.90 Å². The first-order valence-electron chi connectivity index (χ1n) is 10.5. The topological polar surface area (TPSA) is 72.0 Å². The maximum atomic E-state index is 9.59. The van der Waals surface area contributed by atoms with E-state index >= 15 is 0 Å². The lowest BCUT2D eigenvalue weighted by atomic mass is 10.3. The molecule has 0 unspecified atom stereocenters. The van der Waals surface area contributed by atoms with E-state index in [4.69, 9.17) is 28.2 Å². The maximum absolute atomic E-state index is 9.59. The van der Waals surface area contributed by atoms with Gasteiger partial charge in [-0.25, -0.2) is 4.98 Å². The number of benzene rings is 2. The Bertz CT molecular complexity index is 1250. The van der Waals surface area contributed by atoms with Crippen LogP contribution in [0.15, 0.2) is 47.6 Å². The molecule has 0 atom stereocenters. The van der Waals surface area contributed by atoms with Crippen molar-refractivity contribution in [2.45, 2.75) is 30.3 Å². The molecule has 0 aliphatic carbocycles. The monoisotopic (exact) mass is 488 g/mol. The lowest BCUT2D eigenvalue weighted by molar-refractivity contribution is 0.276. The third-order valence-electron chi connectivity index (χ3n) is 5.54. The van der Waals surface area contributed by atoms with Crippen molar-refractivity contribution in [3.8, 4) is 5.69 Å². The number of anilines is 1.